The fourth-order valence-corrected chi connectivity index (χ4v) is 3.97. The van der Waals surface area contributed by atoms with Gasteiger partial charge in [-0.3, -0.25) is 0 Å². The van der Waals surface area contributed by atoms with Gasteiger partial charge in [0.25, 0.3) is 10.0 Å². The molecule has 7 heteroatoms. The Kier molecular flexibility index (Phi) is 4.18. The van der Waals surface area contributed by atoms with Crippen LogP contribution in [0.4, 0.5) is 0 Å². The van der Waals surface area contributed by atoms with Crippen LogP contribution in [-0.4, -0.2) is 31.9 Å². The molecule has 0 amide bonds. The Bertz CT molecular complexity index is 639. The maximum atomic E-state index is 12.3. The van der Waals surface area contributed by atoms with E-state index < -0.39 is 10.0 Å². The Labute approximate surface area is 116 Å². The summed E-state index contributed by atoms with van der Waals surface area (Å²) in [6.45, 7) is 0.219. The molecule has 0 aliphatic carbocycles. The Morgan fingerprint density at radius 2 is 2.16 bits per heavy atom. The molecule has 0 saturated carbocycles. The number of hydrogen-bond acceptors (Lipinski definition) is 5. The van der Waals surface area contributed by atoms with Gasteiger partial charge in [0.05, 0.1) is 7.11 Å². The first kappa shape index (κ1) is 14.0. The summed E-state index contributed by atoms with van der Waals surface area (Å²) in [6.07, 6.45) is 1.61. The monoisotopic (exact) mass is 298 g/mol. The molecule has 0 N–H and O–H groups in total. The van der Waals surface area contributed by atoms with E-state index in [0.717, 1.165) is 5.56 Å². The van der Waals surface area contributed by atoms with E-state index in [9.17, 15) is 8.42 Å². The van der Waals surface area contributed by atoms with E-state index >= 15 is 0 Å². The molecule has 0 saturated heterocycles. The van der Waals surface area contributed by atoms with Crippen molar-refractivity contribution in [3.63, 3.8) is 0 Å². The van der Waals surface area contributed by atoms with Gasteiger partial charge in [0.15, 0.2) is 0 Å². The van der Waals surface area contributed by atoms with Crippen LogP contribution >= 0.6 is 11.3 Å². The van der Waals surface area contributed by atoms with Crippen LogP contribution in [0.3, 0.4) is 0 Å². The number of methoxy groups -OCH3 is 1. The van der Waals surface area contributed by atoms with E-state index in [1.54, 1.807) is 42.9 Å². The summed E-state index contributed by atoms with van der Waals surface area (Å²) in [4.78, 5) is 4.05. The van der Waals surface area contributed by atoms with E-state index in [2.05, 4.69) is 4.98 Å². The van der Waals surface area contributed by atoms with E-state index in [0.29, 0.717) is 10.1 Å². The molecular formula is C12H14N2O3S2. The molecule has 2 aromatic rings. The molecule has 2 aromatic heterocycles. The van der Waals surface area contributed by atoms with Crippen molar-refractivity contribution >= 4 is 21.4 Å². The van der Waals surface area contributed by atoms with Crippen molar-refractivity contribution in [2.45, 2.75) is 10.8 Å². The van der Waals surface area contributed by atoms with Crippen LogP contribution in [0.5, 0.6) is 5.88 Å². The lowest BCUT2D eigenvalue weighted by Gasteiger charge is -2.17. The third kappa shape index (κ3) is 2.94. The maximum absolute atomic E-state index is 12.3. The van der Waals surface area contributed by atoms with Crippen LogP contribution in [0.15, 0.2) is 40.1 Å². The van der Waals surface area contributed by atoms with E-state index in [-0.39, 0.29) is 6.54 Å². The molecule has 5 nitrogen and oxygen atoms in total. The topological polar surface area (TPSA) is 59.5 Å². The minimum absolute atomic E-state index is 0.219. The Hall–Kier alpha value is -1.44. The van der Waals surface area contributed by atoms with Crippen LogP contribution in [0, 0.1) is 0 Å². The first-order chi connectivity index (χ1) is 9.05. The molecule has 0 radical (unpaired) electrons. The average Bonchev–Trinajstić information content (AvgIpc) is 2.93. The van der Waals surface area contributed by atoms with Gasteiger partial charge in [0, 0.05) is 25.4 Å². The number of rotatable bonds is 5. The summed E-state index contributed by atoms with van der Waals surface area (Å²) in [5, 5.41) is 1.74. The standard InChI is InChI=1S/C12H14N2O3S2/c1-14(19(15,16)11-6-4-8-18-11)9-10-5-3-7-13-12(10)17-2/h3-8H,9H2,1-2H3. The Balaban J connectivity index is 2.24. The van der Waals surface area contributed by atoms with Gasteiger partial charge in [-0.15, -0.1) is 11.3 Å². The largest absolute Gasteiger partial charge is 0.481 e. The van der Waals surface area contributed by atoms with Crippen LogP contribution < -0.4 is 4.74 Å². The van der Waals surface area contributed by atoms with E-state index in [1.807, 2.05) is 0 Å². The van der Waals surface area contributed by atoms with Crippen LogP contribution in [0.2, 0.25) is 0 Å². The third-order valence-corrected chi connectivity index (χ3v) is 5.77. The predicted octanol–water partition coefficient (Wildman–Crippen LogP) is 1.97. The van der Waals surface area contributed by atoms with Crippen molar-refractivity contribution in [1.82, 2.24) is 9.29 Å². The van der Waals surface area contributed by atoms with Crippen molar-refractivity contribution in [2.24, 2.45) is 0 Å². The van der Waals surface area contributed by atoms with Gasteiger partial charge in [-0.25, -0.2) is 13.4 Å². The molecule has 0 aliphatic heterocycles. The minimum atomic E-state index is -3.45. The minimum Gasteiger partial charge on any atom is -0.481 e. The second-order valence-electron chi connectivity index (χ2n) is 3.86. The van der Waals surface area contributed by atoms with Gasteiger partial charge < -0.3 is 4.74 Å². The highest BCUT2D eigenvalue weighted by molar-refractivity contribution is 7.91. The molecule has 0 bridgehead atoms. The first-order valence-corrected chi connectivity index (χ1v) is 7.85. The molecule has 19 heavy (non-hydrogen) atoms. The molecular weight excluding hydrogens is 284 g/mol. The van der Waals surface area contributed by atoms with Crippen molar-refractivity contribution in [2.75, 3.05) is 14.2 Å². The third-order valence-electron chi connectivity index (χ3n) is 2.60. The number of hydrogen-bond donors (Lipinski definition) is 0. The SMILES string of the molecule is COc1ncccc1CN(C)S(=O)(=O)c1cccs1. The second kappa shape index (κ2) is 5.68. The lowest BCUT2D eigenvalue weighted by Crippen LogP contribution is -2.26. The molecule has 0 spiro atoms. The highest BCUT2D eigenvalue weighted by Gasteiger charge is 2.22. The molecule has 0 atom stereocenters. The zero-order valence-corrected chi connectivity index (χ0v) is 12.2. The van der Waals surface area contributed by atoms with E-state index in [4.69, 9.17) is 4.74 Å². The molecule has 2 rings (SSSR count). The smallest absolute Gasteiger partial charge is 0.252 e. The van der Waals surface area contributed by atoms with Gasteiger partial charge in [-0.2, -0.15) is 4.31 Å². The molecule has 102 valence electrons. The number of nitrogens with zero attached hydrogens (tertiary/aromatic N) is 2. The zero-order valence-electron chi connectivity index (χ0n) is 10.6. The summed E-state index contributed by atoms with van der Waals surface area (Å²) >= 11 is 1.20. The Morgan fingerprint density at radius 1 is 1.37 bits per heavy atom. The zero-order chi connectivity index (χ0) is 13.9. The number of thiophene rings is 1. The quantitative estimate of drug-likeness (QED) is 0.847. The van der Waals surface area contributed by atoms with Gasteiger partial charge in [-0.1, -0.05) is 12.1 Å². The van der Waals surface area contributed by atoms with Crippen LogP contribution in [0.25, 0.3) is 0 Å². The second-order valence-corrected chi connectivity index (χ2v) is 7.08. The number of pyridine rings is 1. The number of aromatic nitrogens is 1. The molecule has 2 heterocycles. The first-order valence-electron chi connectivity index (χ1n) is 5.53. The van der Waals surface area contributed by atoms with E-state index in [1.165, 1.54) is 22.8 Å². The van der Waals surface area contributed by atoms with Gasteiger partial charge in [0.1, 0.15) is 4.21 Å². The number of ether oxygens (including phenoxy) is 1. The summed E-state index contributed by atoms with van der Waals surface area (Å²) in [5.74, 6) is 0.440. The lowest BCUT2D eigenvalue weighted by molar-refractivity contribution is 0.382. The van der Waals surface area contributed by atoms with Crippen molar-refractivity contribution in [3.05, 3.63) is 41.4 Å². The summed E-state index contributed by atoms with van der Waals surface area (Å²) in [5.41, 5.74) is 0.729. The highest BCUT2D eigenvalue weighted by atomic mass is 32.2. The fraction of sp³-hybridized carbons (Fsp3) is 0.250. The summed E-state index contributed by atoms with van der Waals surface area (Å²) in [6, 6.07) is 6.86. The predicted molar refractivity (Wildman–Crippen MR) is 73.8 cm³/mol. The lowest BCUT2D eigenvalue weighted by atomic mass is 10.3. The molecule has 0 aromatic carbocycles. The summed E-state index contributed by atoms with van der Waals surface area (Å²) < 4.78 is 31.3. The van der Waals surface area contributed by atoms with Crippen molar-refractivity contribution in [3.8, 4) is 5.88 Å². The van der Waals surface area contributed by atoms with Crippen molar-refractivity contribution < 1.29 is 13.2 Å². The molecule has 0 unspecified atom stereocenters. The maximum Gasteiger partial charge on any atom is 0.252 e. The normalized spacial score (nSPS) is 11.7. The molecule has 0 fully saturated rings. The Morgan fingerprint density at radius 3 is 2.79 bits per heavy atom. The van der Waals surface area contributed by atoms with Crippen LogP contribution in [-0.2, 0) is 16.6 Å². The average molecular weight is 298 g/mol. The fourth-order valence-electron chi connectivity index (χ4n) is 1.62. The summed E-state index contributed by atoms with van der Waals surface area (Å²) in [7, 11) is -0.394. The van der Waals surface area contributed by atoms with Gasteiger partial charge >= 0.3 is 0 Å². The van der Waals surface area contributed by atoms with Gasteiger partial charge in [0.2, 0.25) is 5.88 Å². The molecule has 0 aliphatic rings. The number of sulfonamides is 1. The van der Waals surface area contributed by atoms with Gasteiger partial charge in [-0.05, 0) is 17.5 Å². The van der Waals surface area contributed by atoms with Crippen molar-refractivity contribution in [1.29, 1.82) is 0 Å². The van der Waals surface area contributed by atoms with Crippen LogP contribution in [0.1, 0.15) is 5.56 Å². The highest BCUT2D eigenvalue weighted by Crippen LogP contribution is 2.23.